The second-order valence-corrected chi connectivity index (χ2v) is 5.46. The molecule has 0 aliphatic rings. The van der Waals surface area contributed by atoms with Gasteiger partial charge in [-0.1, -0.05) is 6.92 Å². The number of benzene rings is 2. The number of anilines is 1. The first-order valence-corrected chi connectivity index (χ1v) is 7.72. The van der Waals surface area contributed by atoms with Gasteiger partial charge in [0.05, 0.1) is 19.1 Å². The maximum atomic E-state index is 12.6. The SMILES string of the molecule is CCc1cc([N+](=O)[O-])cc(C)c1NC(=O)c1cc(OC)cc(OC)c1. The van der Waals surface area contributed by atoms with E-state index in [0.717, 1.165) is 0 Å². The first kappa shape index (κ1) is 18.3. The lowest BCUT2D eigenvalue weighted by molar-refractivity contribution is -0.384. The molecule has 0 fully saturated rings. The minimum absolute atomic E-state index is 0.00963. The number of hydrogen-bond donors (Lipinski definition) is 1. The van der Waals surface area contributed by atoms with Gasteiger partial charge in [-0.3, -0.25) is 14.9 Å². The molecule has 0 aromatic heterocycles. The van der Waals surface area contributed by atoms with Crippen LogP contribution in [0.2, 0.25) is 0 Å². The Bertz CT molecular complexity index is 795. The highest BCUT2D eigenvalue weighted by atomic mass is 16.6. The van der Waals surface area contributed by atoms with Gasteiger partial charge in [0.2, 0.25) is 0 Å². The van der Waals surface area contributed by atoms with E-state index in [1.165, 1.54) is 26.4 Å². The third-order valence-corrected chi connectivity index (χ3v) is 3.85. The molecule has 0 unspecified atom stereocenters. The summed E-state index contributed by atoms with van der Waals surface area (Å²) in [6, 6.07) is 7.80. The molecule has 0 heterocycles. The number of hydrogen-bond acceptors (Lipinski definition) is 5. The molecule has 0 atom stereocenters. The number of non-ortho nitro benzene ring substituents is 1. The summed E-state index contributed by atoms with van der Waals surface area (Å²) in [6.45, 7) is 3.61. The molecule has 2 rings (SSSR count). The van der Waals surface area contributed by atoms with Crippen molar-refractivity contribution in [1.29, 1.82) is 0 Å². The highest BCUT2D eigenvalue weighted by Gasteiger charge is 2.17. The average molecular weight is 344 g/mol. The van der Waals surface area contributed by atoms with Crippen LogP contribution in [0.3, 0.4) is 0 Å². The van der Waals surface area contributed by atoms with E-state index in [1.54, 1.807) is 25.1 Å². The Labute approximate surface area is 145 Å². The molecule has 0 spiro atoms. The zero-order valence-corrected chi connectivity index (χ0v) is 14.6. The average Bonchev–Trinajstić information content (AvgIpc) is 2.62. The monoisotopic (exact) mass is 344 g/mol. The Morgan fingerprint density at radius 1 is 1.12 bits per heavy atom. The number of aryl methyl sites for hydroxylation is 2. The molecule has 1 N–H and O–H groups in total. The molecular weight excluding hydrogens is 324 g/mol. The fourth-order valence-electron chi connectivity index (χ4n) is 2.53. The van der Waals surface area contributed by atoms with Crippen LogP contribution in [0.5, 0.6) is 11.5 Å². The van der Waals surface area contributed by atoms with Crippen LogP contribution >= 0.6 is 0 Å². The van der Waals surface area contributed by atoms with Crippen LogP contribution in [0.1, 0.15) is 28.4 Å². The molecule has 0 aliphatic carbocycles. The molecule has 7 heteroatoms. The van der Waals surface area contributed by atoms with Crippen molar-refractivity contribution in [3.05, 3.63) is 57.1 Å². The Balaban J connectivity index is 2.39. The Morgan fingerprint density at radius 2 is 1.72 bits per heavy atom. The molecular formula is C18H20N2O5. The number of ether oxygens (including phenoxy) is 2. The Morgan fingerprint density at radius 3 is 2.20 bits per heavy atom. The number of nitro benzene ring substituents is 1. The molecule has 0 aliphatic heterocycles. The Hall–Kier alpha value is -3.09. The van der Waals surface area contributed by atoms with E-state index in [0.29, 0.717) is 40.3 Å². The summed E-state index contributed by atoms with van der Waals surface area (Å²) in [5, 5.41) is 13.8. The number of amides is 1. The lowest BCUT2D eigenvalue weighted by atomic mass is 10.0. The summed E-state index contributed by atoms with van der Waals surface area (Å²) in [4.78, 5) is 23.2. The molecule has 25 heavy (non-hydrogen) atoms. The van der Waals surface area contributed by atoms with Crippen LogP contribution in [-0.4, -0.2) is 25.1 Å². The second-order valence-electron chi connectivity index (χ2n) is 5.46. The van der Waals surface area contributed by atoms with Crippen LogP contribution in [0.4, 0.5) is 11.4 Å². The van der Waals surface area contributed by atoms with Crippen molar-refractivity contribution in [3.8, 4) is 11.5 Å². The van der Waals surface area contributed by atoms with E-state index in [2.05, 4.69) is 5.32 Å². The molecule has 0 saturated carbocycles. The lowest BCUT2D eigenvalue weighted by Gasteiger charge is -2.14. The largest absolute Gasteiger partial charge is 0.497 e. The van der Waals surface area contributed by atoms with Crippen molar-refractivity contribution in [2.75, 3.05) is 19.5 Å². The molecule has 0 bridgehead atoms. The van der Waals surface area contributed by atoms with Crippen molar-refractivity contribution >= 4 is 17.3 Å². The summed E-state index contributed by atoms with van der Waals surface area (Å²) in [5.41, 5.74) is 2.30. The van der Waals surface area contributed by atoms with E-state index in [4.69, 9.17) is 9.47 Å². The molecule has 1 amide bonds. The number of nitrogens with zero attached hydrogens (tertiary/aromatic N) is 1. The third kappa shape index (κ3) is 4.06. The number of carbonyl (C=O) groups is 1. The topological polar surface area (TPSA) is 90.7 Å². The predicted molar refractivity (Wildman–Crippen MR) is 94.7 cm³/mol. The number of rotatable bonds is 6. The van der Waals surface area contributed by atoms with E-state index in [-0.39, 0.29) is 11.6 Å². The van der Waals surface area contributed by atoms with Crippen LogP contribution in [0, 0.1) is 17.0 Å². The van der Waals surface area contributed by atoms with Gasteiger partial charge in [-0.25, -0.2) is 0 Å². The van der Waals surface area contributed by atoms with Crippen molar-refractivity contribution < 1.29 is 19.2 Å². The molecule has 132 valence electrons. The summed E-state index contributed by atoms with van der Waals surface area (Å²) in [7, 11) is 3.01. The smallest absolute Gasteiger partial charge is 0.270 e. The highest BCUT2D eigenvalue weighted by Crippen LogP contribution is 2.29. The highest BCUT2D eigenvalue weighted by molar-refractivity contribution is 6.05. The van der Waals surface area contributed by atoms with Gasteiger partial charge in [0.1, 0.15) is 11.5 Å². The number of methoxy groups -OCH3 is 2. The van der Waals surface area contributed by atoms with E-state index in [1.807, 2.05) is 6.92 Å². The van der Waals surface area contributed by atoms with Gasteiger partial charge in [0.15, 0.2) is 0 Å². The van der Waals surface area contributed by atoms with Crippen molar-refractivity contribution in [2.45, 2.75) is 20.3 Å². The maximum absolute atomic E-state index is 12.6. The van der Waals surface area contributed by atoms with Gasteiger partial charge in [-0.15, -0.1) is 0 Å². The summed E-state index contributed by atoms with van der Waals surface area (Å²) in [5.74, 6) is 0.658. The molecule has 0 radical (unpaired) electrons. The minimum Gasteiger partial charge on any atom is -0.497 e. The summed E-state index contributed by atoms with van der Waals surface area (Å²) >= 11 is 0. The fourth-order valence-corrected chi connectivity index (χ4v) is 2.53. The molecule has 2 aromatic rings. The van der Waals surface area contributed by atoms with Crippen LogP contribution in [0.25, 0.3) is 0 Å². The number of nitro groups is 1. The normalized spacial score (nSPS) is 10.2. The standard InChI is InChI=1S/C18H20N2O5/c1-5-12-7-14(20(22)23)6-11(2)17(12)19-18(21)13-8-15(24-3)10-16(9-13)25-4/h6-10H,5H2,1-4H3,(H,19,21). The maximum Gasteiger partial charge on any atom is 0.270 e. The number of carbonyl (C=O) groups excluding carboxylic acids is 1. The first-order chi connectivity index (χ1) is 11.9. The van der Waals surface area contributed by atoms with E-state index >= 15 is 0 Å². The third-order valence-electron chi connectivity index (χ3n) is 3.85. The number of nitrogens with one attached hydrogen (secondary N) is 1. The zero-order valence-electron chi connectivity index (χ0n) is 14.6. The van der Waals surface area contributed by atoms with Gasteiger partial charge >= 0.3 is 0 Å². The van der Waals surface area contributed by atoms with Crippen molar-refractivity contribution in [1.82, 2.24) is 0 Å². The summed E-state index contributed by atoms with van der Waals surface area (Å²) < 4.78 is 10.3. The van der Waals surface area contributed by atoms with E-state index in [9.17, 15) is 14.9 Å². The van der Waals surface area contributed by atoms with Gasteiger partial charge in [0, 0.05) is 29.4 Å². The van der Waals surface area contributed by atoms with Gasteiger partial charge in [0.25, 0.3) is 11.6 Å². The minimum atomic E-state index is -0.440. The first-order valence-electron chi connectivity index (χ1n) is 7.72. The van der Waals surface area contributed by atoms with E-state index < -0.39 is 4.92 Å². The molecule has 2 aromatic carbocycles. The molecule has 0 saturated heterocycles. The van der Waals surface area contributed by atoms with Crippen molar-refractivity contribution in [3.63, 3.8) is 0 Å². The Kier molecular flexibility index (Phi) is 5.59. The lowest BCUT2D eigenvalue weighted by Crippen LogP contribution is -2.15. The van der Waals surface area contributed by atoms with Gasteiger partial charge < -0.3 is 14.8 Å². The van der Waals surface area contributed by atoms with Crippen molar-refractivity contribution in [2.24, 2.45) is 0 Å². The van der Waals surface area contributed by atoms with Crippen LogP contribution in [0.15, 0.2) is 30.3 Å². The quantitative estimate of drug-likeness (QED) is 0.637. The summed E-state index contributed by atoms with van der Waals surface area (Å²) in [6.07, 6.45) is 0.555. The van der Waals surface area contributed by atoms with Crippen LogP contribution < -0.4 is 14.8 Å². The van der Waals surface area contributed by atoms with Crippen LogP contribution in [-0.2, 0) is 6.42 Å². The zero-order chi connectivity index (χ0) is 18.6. The van der Waals surface area contributed by atoms with Gasteiger partial charge in [-0.2, -0.15) is 0 Å². The molecule has 7 nitrogen and oxygen atoms in total. The second kappa shape index (κ2) is 7.65. The fraction of sp³-hybridized carbons (Fsp3) is 0.278. The van der Waals surface area contributed by atoms with Gasteiger partial charge in [-0.05, 0) is 36.6 Å². The predicted octanol–water partition coefficient (Wildman–Crippen LogP) is 3.74.